The third kappa shape index (κ3) is 2.83. The van der Waals surface area contributed by atoms with Crippen molar-refractivity contribution < 1.29 is 9.53 Å². The Kier molecular flexibility index (Phi) is 3.76. The van der Waals surface area contributed by atoms with Crippen molar-refractivity contribution in [2.24, 2.45) is 7.05 Å². The molecule has 4 aromatic heterocycles. The molecule has 0 unspecified atom stereocenters. The number of aryl methyl sites for hydroxylation is 1. The van der Waals surface area contributed by atoms with Crippen LogP contribution in [0.2, 0.25) is 0 Å². The summed E-state index contributed by atoms with van der Waals surface area (Å²) >= 11 is 0. The Labute approximate surface area is 148 Å². The second kappa shape index (κ2) is 6.10. The van der Waals surface area contributed by atoms with Crippen molar-refractivity contribution in [3.63, 3.8) is 0 Å². The third-order valence-electron chi connectivity index (χ3n) is 3.69. The van der Waals surface area contributed by atoms with Crippen LogP contribution in [0.5, 0.6) is 5.88 Å². The van der Waals surface area contributed by atoms with Gasteiger partial charge in [0.25, 0.3) is 5.91 Å². The molecular weight excluding hydrogens is 334 g/mol. The van der Waals surface area contributed by atoms with E-state index < -0.39 is 0 Å². The highest BCUT2D eigenvalue weighted by atomic mass is 16.5. The number of nitrogens with one attached hydrogen (secondary N) is 1. The van der Waals surface area contributed by atoms with E-state index in [1.54, 1.807) is 53.2 Å². The van der Waals surface area contributed by atoms with Gasteiger partial charge in [0, 0.05) is 31.0 Å². The van der Waals surface area contributed by atoms with Gasteiger partial charge >= 0.3 is 0 Å². The molecule has 0 bridgehead atoms. The number of rotatable bonds is 4. The van der Waals surface area contributed by atoms with Crippen LogP contribution in [0.25, 0.3) is 16.7 Å². The number of hydrogen-bond donors (Lipinski definition) is 1. The van der Waals surface area contributed by atoms with Crippen LogP contribution in [-0.4, -0.2) is 41.4 Å². The summed E-state index contributed by atoms with van der Waals surface area (Å²) in [7, 11) is 1.80. The predicted octanol–water partition coefficient (Wildman–Crippen LogP) is 2.05. The number of ether oxygens (including phenoxy) is 1. The number of anilines is 1. The Balaban J connectivity index is 1.75. The number of pyridine rings is 1. The van der Waals surface area contributed by atoms with Crippen molar-refractivity contribution in [3.05, 3.63) is 42.5 Å². The van der Waals surface area contributed by atoms with E-state index in [2.05, 4.69) is 25.5 Å². The first-order chi connectivity index (χ1) is 12.5. The molecule has 0 aliphatic rings. The fourth-order valence-electron chi connectivity index (χ4n) is 2.64. The average molecular weight is 351 g/mol. The summed E-state index contributed by atoms with van der Waals surface area (Å²) in [5, 5.41) is 12.0. The van der Waals surface area contributed by atoms with Crippen molar-refractivity contribution in [1.82, 2.24) is 29.4 Å². The van der Waals surface area contributed by atoms with Crippen LogP contribution >= 0.6 is 0 Å². The first-order valence-corrected chi connectivity index (χ1v) is 8.12. The molecule has 4 aromatic rings. The molecule has 4 rings (SSSR count). The quantitative estimate of drug-likeness (QED) is 0.604. The first-order valence-electron chi connectivity index (χ1n) is 8.12. The number of nitrogens with zero attached hydrogens (tertiary/aromatic N) is 6. The van der Waals surface area contributed by atoms with Gasteiger partial charge in [0.05, 0.1) is 12.3 Å². The van der Waals surface area contributed by atoms with Gasteiger partial charge in [-0.2, -0.15) is 15.2 Å². The SMILES string of the molecule is CC(C)Oc1nc2nn(C)cc2cc1C(=O)Nc1cnn2cccnc12. The van der Waals surface area contributed by atoms with Crippen LogP contribution in [0.15, 0.2) is 36.9 Å². The fourth-order valence-corrected chi connectivity index (χ4v) is 2.64. The minimum absolute atomic E-state index is 0.131. The lowest BCUT2D eigenvalue weighted by atomic mass is 10.2. The second-order valence-corrected chi connectivity index (χ2v) is 6.12. The Bertz CT molecular complexity index is 1110. The monoisotopic (exact) mass is 351 g/mol. The van der Waals surface area contributed by atoms with Crippen molar-refractivity contribution in [2.75, 3.05) is 5.32 Å². The summed E-state index contributed by atoms with van der Waals surface area (Å²) < 4.78 is 8.97. The Morgan fingerprint density at radius 2 is 2.19 bits per heavy atom. The van der Waals surface area contributed by atoms with Crippen LogP contribution < -0.4 is 10.1 Å². The van der Waals surface area contributed by atoms with Crippen LogP contribution in [0.3, 0.4) is 0 Å². The number of fused-ring (bicyclic) bond motifs is 2. The molecule has 0 radical (unpaired) electrons. The van der Waals surface area contributed by atoms with Gasteiger partial charge in [-0.05, 0) is 26.0 Å². The smallest absolute Gasteiger partial charge is 0.261 e. The summed E-state index contributed by atoms with van der Waals surface area (Å²) in [6, 6.07) is 3.49. The van der Waals surface area contributed by atoms with E-state index in [0.717, 1.165) is 5.39 Å². The highest BCUT2D eigenvalue weighted by Crippen LogP contribution is 2.24. The van der Waals surface area contributed by atoms with E-state index in [4.69, 9.17) is 4.74 Å². The van der Waals surface area contributed by atoms with Crippen molar-refractivity contribution in [2.45, 2.75) is 20.0 Å². The minimum Gasteiger partial charge on any atom is -0.474 e. The predicted molar refractivity (Wildman–Crippen MR) is 95.2 cm³/mol. The third-order valence-corrected chi connectivity index (χ3v) is 3.69. The van der Waals surface area contributed by atoms with Crippen LogP contribution in [0.1, 0.15) is 24.2 Å². The molecule has 0 aromatic carbocycles. The lowest BCUT2D eigenvalue weighted by Gasteiger charge is -2.12. The highest BCUT2D eigenvalue weighted by molar-refractivity contribution is 6.08. The van der Waals surface area contributed by atoms with Gasteiger partial charge in [0.2, 0.25) is 5.88 Å². The van der Waals surface area contributed by atoms with E-state index in [-0.39, 0.29) is 17.9 Å². The maximum atomic E-state index is 12.9. The maximum Gasteiger partial charge on any atom is 0.261 e. The molecule has 1 amide bonds. The van der Waals surface area contributed by atoms with E-state index >= 15 is 0 Å². The summed E-state index contributed by atoms with van der Waals surface area (Å²) in [5.74, 6) is -0.104. The highest BCUT2D eigenvalue weighted by Gasteiger charge is 2.20. The molecule has 0 aliphatic carbocycles. The van der Waals surface area contributed by atoms with Gasteiger partial charge < -0.3 is 10.1 Å². The summed E-state index contributed by atoms with van der Waals surface area (Å²) in [5.41, 5.74) is 1.92. The van der Waals surface area contributed by atoms with E-state index in [1.807, 2.05) is 13.8 Å². The van der Waals surface area contributed by atoms with Crippen LogP contribution in [0, 0.1) is 0 Å². The van der Waals surface area contributed by atoms with Gasteiger partial charge in [-0.25, -0.2) is 9.50 Å². The Morgan fingerprint density at radius 3 is 3.00 bits per heavy atom. The van der Waals surface area contributed by atoms with Crippen LogP contribution in [-0.2, 0) is 7.05 Å². The summed E-state index contributed by atoms with van der Waals surface area (Å²) in [6.07, 6.45) is 6.63. The molecule has 132 valence electrons. The Hall–Kier alpha value is -3.49. The van der Waals surface area contributed by atoms with Gasteiger partial charge in [0.1, 0.15) is 11.3 Å². The molecular formula is C17H17N7O2. The molecule has 9 heteroatoms. The molecule has 1 N–H and O–H groups in total. The molecule has 0 fully saturated rings. The minimum atomic E-state index is -0.348. The number of carbonyl (C=O) groups excluding carboxylic acids is 1. The van der Waals surface area contributed by atoms with Crippen molar-refractivity contribution >= 4 is 28.3 Å². The second-order valence-electron chi connectivity index (χ2n) is 6.12. The lowest BCUT2D eigenvalue weighted by Crippen LogP contribution is -2.17. The Morgan fingerprint density at radius 1 is 1.35 bits per heavy atom. The number of carbonyl (C=O) groups is 1. The van der Waals surface area contributed by atoms with Gasteiger partial charge in [-0.3, -0.25) is 9.48 Å². The number of amides is 1. The summed E-state index contributed by atoms with van der Waals surface area (Å²) in [4.78, 5) is 21.5. The molecule has 0 saturated carbocycles. The van der Waals surface area contributed by atoms with Gasteiger partial charge in [-0.1, -0.05) is 0 Å². The van der Waals surface area contributed by atoms with Crippen molar-refractivity contribution in [1.29, 1.82) is 0 Å². The largest absolute Gasteiger partial charge is 0.474 e. The molecule has 0 aliphatic heterocycles. The topological polar surface area (TPSA) is 99.2 Å². The zero-order valence-corrected chi connectivity index (χ0v) is 14.5. The van der Waals surface area contributed by atoms with E-state index in [9.17, 15) is 4.79 Å². The first kappa shape index (κ1) is 16.0. The maximum absolute atomic E-state index is 12.9. The number of aromatic nitrogens is 6. The van der Waals surface area contributed by atoms with E-state index in [0.29, 0.717) is 22.5 Å². The zero-order valence-electron chi connectivity index (χ0n) is 14.5. The molecule has 0 saturated heterocycles. The average Bonchev–Trinajstić information content (AvgIpc) is 3.16. The van der Waals surface area contributed by atoms with Gasteiger partial charge in [0.15, 0.2) is 11.3 Å². The van der Waals surface area contributed by atoms with Gasteiger partial charge in [-0.15, -0.1) is 0 Å². The summed E-state index contributed by atoms with van der Waals surface area (Å²) in [6.45, 7) is 3.75. The van der Waals surface area contributed by atoms with Crippen molar-refractivity contribution in [3.8, 4) is 5.88 Å². The molecule has 0 spiro atoms. The zero-order chi connectivity index (χ0) is 18.3. The lowest BCUT2D eigenvalue weighted by molar-refractivity contribution is 0.102. The molecule has 4 heterocycles. The van der Waals surface area contributed by atoms with E-state index in [1.165, 1.54) is 0 Å². The number of hydrogen-bond acceptors (Lipinski definition) is 6. The van der Waals surface area contributed by atoms with Crippen LogP contribution in [0.4, 0.5) is 5.69 Å². The fraction of sp³-hybridized carbons (Fsp3) is 0.235. The molecule has 9 nitrogen and oxygen atoms in total. The molecule has 26 heavy (non-hydrogen) atoms. The normalized spacial score (nSPS) is 11.4. The molecule has 0 atom stereocenters. The standard InChI is InChI=1S/C17H17N7O2/c1-10(2)26-17-12(7-11-9-23(3)22-14(11)21-17)16(25)20-13-8-19-24-6-4-5-18-15(13)24/h4-10H,1-3H3,(H,20,25).